The number of ketones is 1. The summed E-state index contributed by atoms with van der Waals surface area (Å²) >= 11 is 0. The number of rotatable bonds is 8. The van der Waals surface area contributed by atoms with Crippen molar-refractivity contribution in [3.8, 4) is 0 Å². The first-order valence-corrected chi connectivity index (χ1v) is 12.9. The number of H-pyrrole nitrogens is 1. The molecule has 190 valence electrons. The second-order valence-electron chi connectivity index (χ2n) is 9.50. The van der Waals surface area contributed by atoms with Crippen LogP contribution in [-0.2, 0) is 27.2 Å². The summed E-state index contributed by atoms with van der Waals surface area (Å²) in [6.07, 6.45) is 4.42. The van der Waals surface area contributed by atoms with Crippen molar-refractivity contribution in [1.82, 2.24) is 4.98 Å². The number of ether oxygens (including phenoxy) is 1. The lowest BCUT2D eigenvalue weighted by Gasteiger charge is -2.16. The molecular weight excluding hydrogens is 466 g/mol. The van der Waals surface area contributed by atoms with Gasteiger partial charge in [0.1, 0.15) is 0 Å². The number of carbonyl (C=O) groups excluding carboxylic acids is 3. The summed E-state index contributed by atoms with van der Waals surface area (Å²) < 4.78 is 5.10. The van der Waals surface area contributed by atoms with Gasteiger partial charge in [-0.1, -0.05) is 30.3 Å². The van der Waals surface area contributed by atoms with Crippen molar-refractivity contribution in [3.05, 3.63) is 82.2 Å². The Bertz CT molecular complexity index is 1390. The van der Waals surface area contributed by atoms with E-state index >= 15 is 0 Å². The molecule has 2 heterocycles. The van der Waals surface area contributed by atoms with E-state index in [-0.39, 0.29) is 30.1 Å². The number of Topliss-reactive ketones (excluding diaryl/α,β-unsaturated/α-hetero) is 1. The number of aryl methyl sites for hydroxylation is 1. The highest BCUT2D eigenvalue weighted by Gasteiger charge is 2.29. The molecule has 0 saturated carbocycles. The van der Waals surface area contributed by atoms with Crippen LogP contribution in [0, 0.1) is 0 Å². The molecule has 1 atom stereocenters. The molecule has 1 aromatic heterocycles. The van der Waals surface area contributed by atoms with Crippen LogP contribution in [0.4, 0.5) is 11.4 Å². The van der Waals surface area contributed by atoms with Gasteiger partial charge in [-0.2, -0.15) is 0 Å². The number of hydrogen-bond donors (Lipinski definition) is 3. The summed E-state index contributed by atoms with van der Waals surface area (Å²) in [4.78, 5) is 41.3. The summed E-state index contributed by atoms with van der Waals surface area (Å²) in [5, 5.41) is 6.47. The minimum Gasteiger partial charge on any atom is -0.466 e. The van der Waals surface area contributed by atoms with Crippen molar-refractivity contribution in [2.24, 2.45) is 0 Å². The van der Waals surface area contributed by atoms with Gasteiger partial charge < -0.3 is 20.4 Å². The van der Waals surface area contributed by atoms with Crippen molar-refractivity contribution in [2.45, 2.75) is 52.0 Å². The van der Waals surface area contributed by atoms with Crippen molar-refractivity contribution in [1.29, 1.82) is 0 Å². The van der Waals surface area contributed by atoms with Crippen LogP contribution in [0.2, 0.25) is 0 Å². The van der Waals surface area contributed by atoms with Crippen molar-refractivity contribution >= 4 is 40.7 Å². The largest absolute Gasteiger partial charge is 0.466 e. The molecular formula is C30H31N3O4. The molecule has 7 heteroatoms. The first-order valence-electron chi connectivity index (χ1n) is 12.9. The van der Waals surface area contributed by atoms with Gasteiger partial charge >= 0.3 is 5.97 Å². The maximum atomic E-state index is 13.0. The van der Waals surface area contributed by atoms with Crippen LogP contribution < -0.4 is 10.6 Å². The second kappa shape index (κ2) is 10.5. The van der Waals surface area contributed by atoms with Gasteiger partial charge in [-0.05, 0) is 68.5 Å². The number of aromatic nitrogens is 1. The number of benzene rings is 2. The first kappa shape index (κ1) is 24.6. The van der Waals surface area contributed by atoms with Gasteiger partial charge in [0.15, 0.2) is 5.78 Å². The van der Waals surface area contributed by atoms with E-state index in [1.165, 1.54) is 5.56 Å². The van der Waals surface area contributed by atoms with E-state index in [1.807, 2.05) is 42.5 Å². The van der Waals surface area contributed by atoms with Crippen molar-refractivity contribution < 1.29 is 19.1 Å². The van der Waals surface area contributed by atoms with Crippen molar-refractivity contribution in [3.63, 3.8) is 0 Å². The molecule has 5 rings (SSSR count). The van der Waals surface area contributed by atoms with Gasteiger partial charge in [0.05, 0.1) is 12.2 Å². The lowest BCUT2D eigenvalue weighted by Crippen LogP contribution is -2.12. The van der Waals surface area contributed by atoms with Crippen LogP contribution in [0.25, 0.3) is 11.6 Å². The minimum atomic E-state index is -0.300. The Hall–Kier alpha value is -4.13. The Balaban J connectivity index is 1.49. The molecule has 3 N–H and O–H groups in total. The maximum Gasteiger partial charge on any atom is 0.306 e. The van der Waals surface area contributed by atoms with E-state index < -0.39 is 0 Å². The molecule has 1 amide bonds. The molecule has 0 fully saturated rings. The van der Waals surface area contributed by atoms with Gasteiger partial charge in [0, 0.05) is 52.8 Å². The van der Waals surface area contributed by atoms with Crippen LogP contribution in [-0.4, -0.2) is 29.3 Å². The van der Waals surface area contributed by atoms with Crippen molar-refractivity contribution in [2.75, 3.05) is 17.2 Å². The fraction of sp³-hybridized carbons (Fsp3) is 0.300. The van der Waals surface area contributed by atoms with Gasteiger partial charge in [0.2, 0.25) is 0 Å². The van der Waals surface area contributed by atoms with Gasteiger partial charge in [-0.25, -0.2) is 0 Å². The number of amides is 1. The monoisotopic (exact) mass is 497 g/mol. The molecule has 0 bridgehead atoms. The third kappa shape index (κ3) is 5.07. The average molecular weight is 498 g/mol. The molecule has 1 aliphatic heterocycles. The number of aromatic amines is 1. The molecule has 2 aliphatic rings. The van der Waals surface area contributed by atoms with Crippen LogP contribution in [0.15, 0.2) is 48.5 Å². The van der Waals surface area contributed by atoms with E-state index in [0.717, 1.165) is 41.0 Å². The predicted octanol–water partition coefficient (Wildman–Crippen LogP) is 5.70. The molecule has 1 unspecified atom stereocenters. The zero-order valence-electron chi connectivity index (χ0n) is 21.1. The van der Waals surface area contributed by atoms with Gasteiger partial charge in [0.25, 0.3) is 5.91 Å². The minimum absolute atomic E-state index is 0.0821. The highest BCUT2D eigenvalue weighted by atomic mass is 16.5. The van der Waals surface area contributed by atoms with Gasteiger partial charge in [-0.3, -0.25) is 14.4 Å². The maximum absolute atomic E-state index is 13.0. The Kier molecular flexibility index (Phi) is 6.95. The van der Waals surface area contributed by atoms with Crippen LogP contribution >= 0.6 is 0 Å². The number of fused-ring (bicyclic) bond motifs is 2. The van der Waals surface area contributed by atoms with Crippen LogP contribution in [0.1, 0.15) is 77.6 Å². The van der Waals surface area contributed by atoms with E-state index in [0.29, 0.717) is 36.3 Å². The number of esters is 1. The number of nitrogens with one attached hydrogen (secondary N) is 3. The van der Waals surface area contributed by atoms with E-state index in [4.69, 9.17) is 4.74 Å². The number of anilines is 2. The standard InChI is InChI=1S/C30H31N3O4/c1-3-37-28(35)15-13-21-26(32-25-10-7-11-27(34)29(21)25)17-23-22-16-20(12-14-24(22)33-30(23)36)31-18(2)19-8-5-4-6-9-19/h4-6,8-9,12,14,16-18,31-32H,3,7,10-11,13,15H2,1-2H3,(H,33,36)/b23-17-. The quantitative estimate of drug-likeness (QED) is 0.274. The molecule has 37 heavy (non-hydrogen) atoms. The Morgan fingerprint density at radius 2 is 1.95 bits per heavy atom. The Morgan fingerprint density at radius 1 is 1.14 bits per heavy atom. The van der Waals surface area contributed by atoms with E-state index in [1.54, 1.807) is 6.92 Å². The third-order valence-corrected chi connectivity index (χ3v) is 6.98. The molecule has 2 aromatic carbocycles. The lowest BCUT2D eigenvalue weighted by molar-refractivity contribution is -0.143. The summed E-state index contributed by atoms with van der Waals surface area (Å²) in [5.74, 6) is -0.413. The molecule has 1 aliphatic carbocycles. The van der Waals surface area contributed by atoms with E-state index in [2.05, 4.69) is 34.7 Å². The summed E-state index contributed by atoms with van der Waals surface area (Å²) in [7, 11) is 0. The van der Waals surface area contributed by atoms with Gasteiger partial charge in [-0.15, -0.1) is 0 Å². The SMILES string of the molecule is CCOC(=O)CCc1c(/C=C2\C(=O)Nc3ccc(NC(C)c4ccccc4)cc32)[nH]c2c1C(=O)CCC2. The highest BCUT2D eigenvalue weighted by Crippen LogP contribution is 2.37. The smallest absolute Gasteiger partial charge is 0.306 e. The number of hydrogen-bond acceptors (Lipinski definition) is 5. The van der Waals surface area contributed by atoms with E-state index in [9.17, 15) is 14.4 Å². The predicted molar refractivity (Wildman–Crippen MR) is 144 cm³/mol. The zero-order chi connectivity index (χ0) is 25.9. The topological polar surface area (TPSA) is 100 Å². The lowest BCUT2D eigenvalue weighted by atomic mass is 9.91. The summed E-state index contributed by atoms with van der Waals surface area (Å²) in [6, 6.07) is 16.1. The summed E-state index contributed by atoms with van der Waals surface area (Å²) in [6.45, 7) is 4.18. The molecule has 0 radical (unpaired) electrons. The normalized spacial score (nSPS) is 16.2. The third-order valence-electron chi connectivity index (χ3n) is 6.98. The molecule has 7 nitrogen and oxygen atoms in total. The number of carbonyl (C=O) groups is 3. The first-order chi connectivity index (χ1) is 17.9. The van der Waals surface area contributed by atoms with Crippen LogP contribution in [0.5, 0.6) is 0 Å². The highest BCUT2D eigenvalue weighted by molar-refractivity contribution is 6.35. The van der Waals surface area contributed by atoms with Crippen LogP contribution in [0.3, 0.4) is 0 Å². The second-order valence-corrected chi connectivity index (χ2v) is 9.50. The fourth-order valence-corrected chi connectivity index (χ4v) is 5.18. The Labute approximate surface area is 216 Å². The Morgan fingerprint density at radius 3 is 2.73 bits per heavy atom. The summed E-state index contributed by atoms with van der Waals surface area (Å²) in [5.41, 5.74) is 7.18. The molecule has 0 saturated heterocycles. The fourth-order valence-electron chi connectivity index (χ4n) is 5.18. The average Bonchev–Trinajstić information content (AvgIpc) is 3.41. The zero-order valence-corrected chi connectivity index (χ0v) is 21.1. The molecule has 3 aromatic rings. The molecule has 0 spiro atoms.